The van der Waals surface area contributed by atoms with Gasteiger partial charge in [-0.3, -0.25) is 4.98 Å². The number of hydrogen-bond acceptors (Lipinski definition) is 6. The van der Waals surface area contributed by atoms with Crippen LogP contribution in [0, 0.1) is 0 Å². The molecule has 0 fully saturated rings. The molecule has 0 aliphatic carbocycles. The molecule has 2 heterocycles. The average Bonchev–Trinajstić information content (AvgIpc) is 2.65. The maximum Gasteiger partial charge on any atom is 0.161 e. The SMILES string of the molecule is C=C(/N=c1/c(-c2cncnc2)nccn1C)Nc1ccc(CN)cc1. The Hall–Kier alpha value is -3.32. The molecule has 3 aromatic rings. The molecule has 0 bridgehead atoms. The minimum atomic E-state index is 0.502. The average molecular weight is 333 g/mol. The highest BCUT2D eigenvalue weighted by atomic mass is 15.1. The van der Waals surface area contributed by atoms with E-state index in [9.17, 15) is 0 Å². The van der Waals surface area contributed by atoms with E-state index in [1.165, 1.54) is 6.33 Å². The second-order valence-corrected chi connectivity index (χ2v) is 5.42. The molecule has 1 aromatic carbocycles. The summed E-state index contributed by atoms with van der Waals surface area (Å²) >= 11 is 0. The summed E-state index contributed by atoms with van der Waals surface area (Å²) in [5.74, 6) is 0.502. The number of nitrogens with one attached hydrogen (secondary N) is 1. The first-order chi connectivity index (χ1) is 12.2. The Morgan fingerprint density at radius 3 is 2.64 bits per heavy atom. The molecule has 0 unspecified atom stereocenters. The molecule has 0 atom stereocenters. The first kappa shape index (κ1) is 16.5. The molecule has 2 aromatic heterocycles. The Labute approximate surface area is 145 Å². The third-order valence-corrected chi connectivity index (χ3v) is 3.59. The zero-order valence-electron chi connectivity index (χ0n) is 13.9. The molecule has 25 heavy (non-hydrogen) atoms. The molecule has 0 saturated heterocycles. The maximum atomic E-state index is 5.62. The molecule has 0 spiro atoms. The second-order valence-electron chi connectivity index (χ2n) is 5.42. The lowest BCUT2D eigenvalue weighted by atomic mass is 10.2. The molecule has 7 nitrogen and oxygen atoms in total. The van der Waals surface area contributed by atoms with Gasteiger partial charge in [0, 0.05) is 49.6 Å². The van der Waals surface area contributed by atoms with Crippen LogP contribution in [0.4, 0.5) is 5.69 Å². The fourth-order valence-electron chi connectivity index (χ4n) is 2.31. The van der Waals surface area contributed by atoms with Crippen molar-refractivity contribution in [3.63, 3.8) is 0 Å². The van der Waals surface area contributed by atoms with E-state index in [4.69, 9.17) is 5.73 Å². The van der Waals surface area contributed by atoms with Gasteiger partial charge in [-0.05, 0) is 17.7 Å². The van der Waals surface area contributed by atoms with Crippen molar-refractivity contribution in [2.24, 2.45) is 17.8 Å². The van der Waals surface area contributed by atoms with E-state index in [-0.39, 0.29) is 0 Å². The summed E-state index contributed by atoms with van der Waals surface area (Å²) in [7, 11) is 1.90. The molecule has 0 aliphatic rings. The Morgan fingerprint density at radius 1 is 1.24 bits per heavy atom. The van der Waals surface area contributed by atoms with Crippen LogP contribution in [-0.2, 0) is 13.6 Å². The number of benzene rings is 1. The van der Waals surface area contributed by atoms with Gasteiger partial charge in [0.2, 0.25) is 0 Å². The minimum absolute atomic E-state index is 0.502. The van der Waals surface area contributed by atoms with Crippen LogP contribution in [0.5, 0.6) is 0 Å². The molecule has 126 valence electrons. The van der Waals surface area contributed by atoms with E-state index in [1.54, 1.807) is 18.6 Å². The Balaban J connectivity index is 1.93. The van der Waals surface area contributed by atoms with Crippen molar-refractivity contribution in [1.82, 2.24) is 19.5 Å². The van der Waals surface area contributed by atoms with Gasteiger partial charge in [0.05, 0.1) is 0 Å². The second kappa shape index (κ2) is 7.50. The maximum absolute atomic E-state index is 5.62. The Morgan fingerprint density at radius 2 is 1.96 bits per heavy atom. The quantitative estimate of drug-likeness (QED) is 0.743. The normalized spacial score (nSPS) is 11.4. The predicted molar refractivity (Wildman–Crippen MR) is 96.9 cm³/mol. The molecule has 3 N–H and O–H groups in total. The van der Waals surface area contributed by atoms with Crippen LogP contribution in [0.2, 0.25) is 0 Å². The van der Waals surface area contributed by atoms with Crippen molar-refractivity contribution in [2.75, 3.05) is 5.32 Å². The van der Waals surface area contributed by atoms with Crippen molar-refractivity contribution in [2.45, 2.75) is 6.54 Å². The van der Waals surface area contributed by atoms with Gasteiger partial charge in [0.25, 0.3) is 0 Å². The monoisotopic (exact) mass is 333 g/mol. The van der Waals surface area contributed by atoms with Gasteiger partial charge in [-0.2, -0.15) is 0 Å². The summed E-state index contributed by atoms with van der Waals surface area (Å²) in [6, 6.07) is 7.81. The van der Waals surface area contributed by atoms with E-state index in [1.807, 2.05) is 42.1 Å². The topological polar surface area (TPSA) is 94.0 Å². The number of nitrogens with two attached hydrogens (primary N) is 1. The van der Waals surface area contributed by atoms with Crippen LogP contribution in [0.1, 0.15) is 5.56 Å². The number of nitrogens with zero attached hydrogens (tertiary/aromatic N) is 5. The summed E-state index contributed by atoms with van der Waals surface area (Å²) < 4.78 is 1.87. The van der Waals surface area contributed by atoms with Crippen molar-refractivity contribution >= 4 is 5.69 Å². The van der Waals surface area contributed by atoms with Gasteiger partial charge in [-0.15, -0.1) is 0 Å². The van der Waals surface area contributed by atoms with E-state index in [0.717, 1.165) is 16.8 Å². The molecule has 0 saturated carbocycles. The standard InChI is InChI=1S/C18H19N7/c1-13(23-16-5-3-14(9-19)4-6-16)24-18-17(22-7-8-25(18)2)15-10-20-12-21-11-15/h3-8,10-12,23H,1,9,19H2,2H3/b24-18-. The predicted octanol–water partition coefficient (Wildman–Crippen LogP) is 1.82. The van der Waals surface area contributed by atoms with Gasteiger partial charge in [-0.1, -0.05) is 18.7 Å². The van der Waals surface area contributed by atoms with Crippen molar-refractivity contribution in [1.29, 1.82) is 0 Å². The number of aryl methyl sites for hydroxylation is 1. The molecular weight excluding hydrogens is 314 g/mol. The molecule has 3 rings (SSSR count). The van der Waals surface area contributed by atoms with Crippen molar-refractivity contribution in [3.05, 3.63) is 78.8 Å². The van der Waals surface area contributed by atoms with Gasteiger partial charge >= 0.3 is 0 Å². The van der Waals surface area contributed by atoms with Gasteiger partial charge in [0.15, 0.2) is 5.49 Å². The summed E-state index contributed by atoms with van der Waals surface area (Å²) in [6.45, 7) is 4.50. The number of aromatic nitrogens is 4. The number of hydrogen-bond donors (Lipinski definition) is 2. The lowest BCUT2D eigenvalue weighted by Crippen LogP contribution is -2.22. The minimum Gasteiger partial charge on any atom is -0.341 e. The largest absolute Gasteiger partial charge is 0.341 e. The summed E-state index contributed by atoms with van der Waals surface area (Å²) in [6.07, 6.45) is 8.43. The fraction of sp³-hybridized carbons (Fsp3) is 0.111. The van der Waals surface area contributed by atoms with E-state index in [0.29, 0.717) is 23.5 Å². The Bertz CT molecular complexity index is 928. The molecule has 0 radical (unpaired) electrons. The van der Waals surface area contributed by atoms with Crippen LogP contribution in [0.3, 0.4) is 0 Å². The van der Waals surface area contributed by atoms with Crippen LogP contribution < -0.4 is 16.5 Å². The number of anilines is 1. The first-order valence-corrected chi connectivity index (χ1v) is 7.74. The first-order valence-electron chi connectivity index (χ1n) is 7.74. The van der Waals surface area contributed by atoms with Crippen LogP contribution in [0.15, 0.2) is 72.8 Å². The molecule has 0 aliphatic heterocycles. The third-order valence-electron chi connectivity index (χ3n) is 3.59. The van der Waals surface area contributed by atoms with Gasteiger partial charge in [0.1, 0.15) is 17.8 Å². The zero-order chi connectivity index (χ0) is 17.6. The zero-order valence-corrected chi connectivity index (χ0v) is 13.9. The van der Waals surface area contributed by atoms with E-state index in [2.05, 4.69) is 31.8 Å². The summed E-state index contributed by atoms with van der Waals surface area (Å²) in [5, 5.41) is 3.17. The fourth-order valence-corrected chi connectivity index (χ4v) is 2.31. The summed E-state index contributed by atoms with van der Waals surface area (Å²) in [4.78, 5) is 17.1. The number of rotatable bonds is 5. The third kappa shape index (κ3) is 3.96. The van der Waals surface area contributed by atoms with Crippen LogP contribution in [0.25, 0.3) is 11.3 Å². The summed E-state index contributed by atoms with van der Waals surface area (Å²) in [5.41, 5.74) is 9.71. The van der Waals surface area contributed by atoms with E-state index >= 15 is 0 Å². The van der Waals surface area contributed by atoms with Gasteiger partial charge in [-0.25, -0.2) is 15.0 Å². The lowest BCUT2D eigenvalue weighted by molar-refractivity contribution is 0.813. The van der Waals surface area contributed by atoms with Crippen LogP contribution >= 0.6 is 0 Å². The molecule has 0 amide bonds. The van der Waals surface area contributed by atoms with Gasteiger partial charge < -0.3 is 15.6 Å². The van der Waals surface area contributed by atoms with Crippen molar-refractivity contribution in [3.8, 4) is 11.3 Å². The highest BCUT2D eigenvalue weighted by molar-refractivity contribution is 5.55. The smallest absolute Gasteiger partial charge is 0.161 e. The highest BCUT2D eigenvalue weighted by Gasteiger charge is 2.06. The molecular formula is C18H19N7. The molecule has 7 heteroatoms. The van der Waals surface area contributed by atoms with E-state index < -0.39 is 0 Å². The van der Waals surface area contributed by atoms with Crippen molar-refractivity contribution < 1.29 is 0 Å². The lowest BCUT2D eigenvalue weighted by Gasteiger charge is -2.09. The Kier molecular flexibility index (Phi) is 4.96. The van der Waals surface area contributed by atoms with Crippen LogP contribution in [-0.4, -0.2) is 19.5 Å². The highest BCUT2D eigenvalue weighted by Crippen LogP contribution is 2.12.